The number of carbonyl (C=O) groups is 2. The average molecular weight is 427 g/mol. The van der Waals surface area contributed by atoms with E-state index in [1.807, 2.05) is 42.1 Å². The van der Waals surface area contributed by atoms with Gasteiger partial charge in [-0.25, -0.2) is 4.98 Å². The highest BCUT2D eigenvalue weighted by molar-refractivity contribution is 6.30. The fourth-order valence-corrected chi connectivity index (χ4v) is 3.10. The molecule has 0 unspecified atom stereocenters. The van der Waals surface area contributed by atoms with Crippen LogP contribution < -0.4 is 15.4 Å². The molecule has 0 bridgehead atoms. The van der Waals surface area contributed by atoms with Crippen molar-refractivity contribution < 1.29 is 14.3 Å². The number of aryl methyl sites for hydroxylation is 1. The van der Waals surface area contributed by atoms with Crippen LogP contribution in [0.3, 0.4) is 0 Å². The Hall–Kier alpha value is -3.32. The number of aromatic nitrogens is 2. The number of nitrogens with one attached hydrogen (secondary N) is 2. The van der Waals surface area contributed by atoms with E-state index < -0.39 is 6.04 Å². The van der Waals surface area contributed by atoms with Gasteiger partial charge >= 0.3 is 0 Å². The molecule has 2 amide bonds. The van der Waals surface area contributed by atoms with E-state index in [1.165, 1.54) is 0 Å². The summed E-state index contributed by atoms with van der Waals surface area (Å²) in [6.45, 7) is 0.211. The van der Waals surface area contributed by atoms with Crippen molar-refractivity contribution in [1.29, 1.82) is 0 Å². The smallest absolute Gasteiger partial charge is 0.251 e. The van der Waals surface area contributed by atoms with Gasteiger partial charge in [0, 0.05) is 43.0 Å². The normalized spacial score (nSPS) is 11.6. The summed E-state index contributed by atoms with van der Waals surface area (Å²) in [4.78, 5) is 29.1. The quantitative estimate of drug-likeness (QED) is 0.579. The Balaban J connectivity index is 1.62. The third-order valence-corrected chi connectivity index (χ3v) is 4.87. The number of nitrogens with zero attached hydrogens (tertiary/aromatic N) is 2. The number of hydrogen-bond donors (Lipinski definition) is 2. The van der Waals surface area contributed by atoms with Crippen LogP contribution >= 0.6 is 11.6 Å². The van der Waals surface area contributed by atoms with E-state index in [-0.39, 0.29) is 24.8 Å². The van der Waals surface area contributed by atoms with Crippen molar-refractivity contribution in [3.63, 3.8) is 0 Å². The number of methoxy groups -OCH3 is 1. The second kappa shape index (κ2) is 9.93. The van der Waals surface area contributed by atoms with Gasteiger partial charge in [-0.05, 0) is 42.0 Å². The van der Waals surface area contributed by atoms with Crippen molar-refractivity contribution in [1.82, 2.24) is 20.2 Å². The van der Waals surface area contributed by atoms with Gasteiger partial charge in [-0.15, -0.1) is 0 Å². The minimum absolute atomic E-state index is 0.135. The van der Waals surface area contributed by atoms with Gasteiger partial charge < -0.3 is 19.9 Å². The lowest BCUT2D eigenvalue weighted by atomic mass is 10.1. The molecular weight excluding hydrogens is 404 g/mol. The van der Waals surface area contributed by atoms with Crippen molar-refractivity contribution >= 4 is 23.4 Å². The van der Waals surface area contributed by atoms with Gasteiger partial charge in [0.25, 0.3) is 5.91 Å². The zero-order chi connectivity index (χ0) is 21.5. The van der Waals surface area contributed by atoms with Crippen LogP contribution in [-0.4, -0.2) is 35.0 Å². The van der Waals surface area contributed by atoms with Crippen LogP contribution in [0.1, 0.15) is 34.2 Å². The van der Waals surface area contributed by atoms with Crippen LogP contribution in [0, 0.1) is 0 Å². The Kier molecular flexibility index (Phi) is 7.08. The molecule has 0 saturated heterocycles. The van der Waals surface area contributed by atoms with E-state index >= 15 is 0 Å². The summed E-state index contributed by atoms with van der Waals surface area (Å²) < 4.78 is 7.07. The Labute approximate surface area is 180 Å². The van der Waals surface area contributed by atoms with E-state index in [4.69, 9.17) is 16.3 Å². The standard InChI is InChI=1S/C22H23ClN4O3/c1-27-14-13-24-21(27)20(15-5-9-18(30-2)10-6-15)26-19(28)11-12-25-22(29)16-3-7-17(23)8-4-16/h3-10,13-14,20H,11-12H2,1-2H3,(H,25,29)(H,26,28)/t20-/m0/s1. The minimum Gasteiger partial charge on any atom is -0.497 e. The first-order valence-electron chi connectivity index (χ1n) is 9.42. The van der Waals surface area contributed by atoms with Crippen LogP contribution in [0.5, 0.6) is 5.75 Å². The molecule has 0 fully saturated rings. The van der Waals surface area contributed by atoms with Gasteiger partial charge in [-0.2, -0.15) is 0 Å². The van der Waals surface area contributed by atoms with Crippen molar-refractivity contribution in [3.05, 3.63) is 82.9 Å². The number of hydrogen-bond acceptors (Lipinski definition) is 4. The molecular formula is C22H23ClN4O3. The molecule has 0 radical (unpaired) electrons. The third kappa shape index (κ3) is 5.39. The molecule has 0 aliphatic heterocycles. The maximum absolute atomic E-state index is 12.6. The van der Waals surface area contributed by atoms with E-state index in [9.17, 15) is 9.59 Å². The lowest BCUT2D eigenvalue weighted by molar-refractivity contribution is -0.121. The first-order valence-corrected chi connectivity index (χ1v) is 9.80. The molecule has 2 aromatic carbocycles. The maximum atomic E-state index is 12.6. The van der Waals surface area contributed by atoms with Crippen LogP contribution in [0.2, 0.25) is 5.02 Å². The largest absolute Gasteiger partial charge is 0.497 e. The molecule has 1 atom stereocenters. The fourth-order valence-electron chi connectivity index (χ4n) is 2.97. The van der Waals surface area contributed by atoms with Gasteiger partial charge in [0.1, 0.15) is 17.6 Å². The monoisotopic (exact) mass is 426 g/mol. The van der Waals surface area contributed by atoms with E-state index in [1.54, 1.807) is 37.6 Å². The third-order valence-electron chi connectivity index (χ3n) is 4.62. The average Bonchev–Trinajstić information content (AvgIpc) is 3.18. The molecule has 1 heterocycles. The molecule has 0 saturated carbocycles. The molecule has 1 aromatic heterocycles. The maximum Gasteiger partial charge on any atom is 0.251 e. The summed E-state index contributed by atoms with van der Waals surface area (Å²) in [7, 11) is 3.47. The van der Waals surface area contributed by atoms with Gasteiger partial charge in [-0.1, -0.05) is 23.7 Å². The molecule has 156 valence electrons. The van der Waals surface area contributed by atoms with Crippen LogP contribution in [-0.2, 0) is 11.8 Å². The fraction of sp³-hybridized carbons (Fsp3) is 0.227. The topological polar surface area (TPSA) is 85.2 Å². The lowest BCUT2D eigenvalue weighted by Crippen LogP contribution is -2.34. The number of imidazole rings is 1. The number of ether oxygens (including phenoxy) is 1. The van der Waals surface area contributed by atoms with Crippen molar-refractivity contribution in [2.75, 3.05) is 13.7 Å². The first-order chi connectivity index (χ1) is 14.5. The molecule has 3 aromatic rings. The summed E-state index contributed by atoms with van der Waals surface area (Å²) in [5.41, 5.74) is 1.37. The molecule has 0 aliphatic rings. The Morgan fingerprint density at radius 1 is 1.13 bits per heavy atom. The molecule has 7 nitrogen and oxygen atoms in total. The molecule has 30 heavy (non-hydrogen) atoms. The Bertz CT molecular complexity index is 1000. The molecule has 2 N–H and O–H groups in total. The van der Waals surface area contributed by atoms with Gasteiger partial charge in [0.2, 0.25) is 5.91 Å². The van der Waals surface area contributed by atoms with Crippen LogP contribution in [0.15, 0.2) is 60.9 Å². The van der Waals surface area contributed by atoms with Crippen LogP contribution in [0.25, 0.3) is 0 Å². The van der Waals surface area contributed by atoms with E-state index in [0.717, 1.165) is 11.3 Å². The number of carbonyl (C=O) groups excluding carboxylic acids is 2. The predicted molar refractivity (Wildman–Crippen MR) is 115 cm³/mol. The summed E-state index contributed by atoms with van der Waals surface area (Å²) >= 11 is 5.83. The molecule has 0 spiro atoms. The summed E-state index contributed by atoms with van der Waals surface area (Å²) in [5, 5.41) is 6.31. The highest BCUT2D eigenvalue weighted by Gasteiger charge is 2.21. The van der Waals surface area contributed by atoms with Crippen LogP contribution in [0.4, 0.5) is 0 Å². The summed E-state index contributed by atoms with van der Waals surface area (Å²) in [6.07, 6.45) is 3.64. The Morgan fingerprint density at radius 3 is 2.43 bits per heavy atom. The first kappa shape index (κ1) is 21.4. The van der Waals surface area contributed by atoms with Crippen molar-refractivity contribution in [2.45, 2.75) is 12.5 Å². The minimum atomic E-state index is -0.421. The number of benzene rings is 2. The zero-order valence-corrected chi connectivity index (χ0v) is 17.5. The second-order valence-corrected chi connectivity index (χ2v) is 7.12. The highest BCUT2D eigenvalue weighted by atomic mass is 35.5. The lowest BCUT2D eigenvalue weighted by Gasteiger charge is -2.19. The van der Waals surface area contributed by atoms with Gasteiger partial charge in [0.05, 0.1) is 7.11 Å². The van der Waals surface area contributed by atoms with E-state index in [2.05, 4.69) is 15.6 Å². The second-order valence-electron chi connectivity index (χ2n) is 6.68. The number of amides is 2. The van der Waals surface area contributed by atoms with Crippen molar-refractivity contribution in [2.24, 2.45) is 7.05 Å². The van der Waals surface area contributed by atoms with Gasteiger partial charge in [-0.3, -0.25) is 9.59 Å². The number of rotatable bonds is 8. The molecule has 8 heteroatoms. The molecule has 0 aliphatic carbocycles. The SMILES string of the molecule is COc1ccc([C@H](NC(=O)CCNC(=O)c2ccc(Cl)cc2)c2nccn2C)cc1. The van der Waals surface area contributed by atoms with E-state index in [0.29, 0.717) is 16.4 Å². The highest BCUT2D eigenvalue weighted by Crippen LogP contribution is 2.23. The predicted octanol–water partition coefficient (Wildman–Crippen LogP) is 3.11. The van der Waals surface area contributed by atoms with Gasteiger partial charge in [0.15, 0.2) is 0 Å². The summed E-state index contributed by atoms with van der Waals surface area (Å²) in [5.74, 6) is 0.984. The summed E-state index contributed by atoms with van der Waals surface area (Å²) in [6, 6.07) is 13.6. The number of halogens is 1. The molecule has 3 rings (SSSR count). The van der Waals surface area contributed by atoms with Crippen molar-refractivity contribution in [3.8, 4) is 5.75 Å². The Morgan fingerprint density at radius 2 is 1.83 bits per heavy atom. The zero-order valence-electron chi connectivity index (χ0n) is 16.8.